The Morgan fingerprint density at radius 1 is 1.13 bits per heavy atom. The van der Waals surface area contributed by atoms with E-state index >= 15 is 0 Å². The molecule has 4 heteroatoms. The van der Waals surface area contributed by atoms with Crippen molar-refractivity contribution in [2.75, 3.05) is 18.5 Å². The monoisotopic (exact) mass is 412 g/mol. The molecule has 4 rings (SSSR count). The maximum atomic E-state index is 13.2. The standard InChI is InChI=1S/C26H40N2O2/c1-19-10-8-9-13-22(19)27-24(29)28(21-11-6-5-7-12-21)16-17-30-23-18-20-14-15-26(23,4)25(20,2)3/h8-10,13,20-21,23H,5-7,11-12,14-18H2,1-4H3,(H,27,29)/t20-,23-,26-/m1/s1. The van der Waals surface area contributed by atoms with Crippen molar-refractivity contribution in [3.05, 3.63) is 29.8 Å². The molecule has 3 saturated carbocycles. The number of ether oxygens (including phenoxy) is 1. The first-order chi connectivity index (χ1) is 14.3. The number of aryl methyl sites for hydroxylation is 1. The van der Waals surface area contributed by atoms with Gasteiger partial charge in [0.1, 0.15) is 0 Å². The largest absolute Gasteiger partial charge is 0.376 e. The van der Waals surface area contributed by atoms with E-state index < -0.39 is 0 Å². The summed E-state index contributed by atoms with van der Waals surface area (Å²) in [5.41, 5.74) is 2.65. The number of carbonyl (C=O) groups excluding carboxylic acids is 1. The second-order valence-electron chi connectivity index (χ2n) is 10.7. The molecule has 0 heterocycles. The molecule has 3 aliphatic carbocycles. The average Bonchev–Trinajstić information content (AvgIpc) is 3.07. The Balaban J connectivity index is 1.39. The van der Waals surface area contributed by atoms with Crippen molar-refractivity contribution in [2.24, 2.45) is 16.7 Å². The predicted octanol–water partition coefficient (Wildman–Crippen LogP) is 6.39. The van der Waals surface area contributed by atoms with Gasteiger partial charge in [-0.2, -0.15) is 0 Å². The van der Waals surface area contributed by atoms with E-state index in [4.69, 9.17) is 4.74 Å². The Kier molecular flexibility index (Phi) is 6.16. The summed E-state index contributed by atoms with van der Waals surface area (Å²) in [5, 5.41) is 3.17. The molecule has 4 nitrogen and oxygen atoms in total. The van der Waals surface area contributed by atoms with E-state index in [9.17, 15) is 4.79 Å². The van der Waals surface area contributed by atoms with Crippen LogP contribution in [0.2, 0.25) is 0 Å². The topological polar surface area (TPSA) is 41.6 Å². The van der Waals surface area contributed by atoms with E-state index in [-0.39, 0.29) is 11.4 Å². The van der Waals surface area contributed by atoms with Gasteiger partial charge < -0.3 is 15.0 Å². The lowest BCUT2D eigenvalue weighted by atomic mass is 9.70. The highest BCUT2D eigenvalue weighted by Crippen LogP contribution is 2.66. The van der Waals surface area contributed by atoms with Crippen LogP contribution in [0.25, 0.3) is 0 Å². The summed E-state index contributed by atoms with van der Waals surface area (Å²) in [7, 11) is 0. The van der Waals surface area contributed by atoms with Crippen molar-refractivity contribution in [1.82, 2.24) is 4.90 Å². The van der Waals surface area contributed by atoms with Gasteiger partial charge in [0.25, 0.3) is 0 Å². The third-order valence-corrected chi connectivity index (χ3v) is 9.03. The summed E-state index contributed by atoms with van der Waals surface area (Å²) < 4.78 is 6.50. The fourth-order valence-corrected chi connectivity index (χ4v) is 6.42. The van der Waals surface area contributed by atoms with Crippen molar-refractivity contribution >= 4 is 11.7 Å². The molecular formula is C26H40N2O2. The van der Waals surface area contributed by atoms with Crippen molar-refractivity contribution in [3.8, 4) is 0 Å². The molecule has 3 fully saturated rings. The molecular weight excluding hydrogens is 372 g/mol. The van der Waals surface area contributed by atoms with Gasteiger partial charge in [0.2, 0.25) is 0 Å². The van der Waals surface area contributed by atoms with Crippen molar-refractivity contribution in [2.45, 2.75) is 91.2 Å². The van der Waals surface area contributed by atoms with Gasteiger partial charge in [-0.05, 0) is 67.4 Å². The minimum Gasteiger partial charge on any atom is -0.376 e. The van der Waals surface area contributed by atoms with Crippen LogP contribution in [0.1, 0.15) is 77.7 Å². The second kappa shape index (κ2) is 8.53. The number of hydrogen-bond donors (Lipinski definition) is 1. The van der Waals surface area contributed by atoms with Crippen molar-refractivity contribution in [1.29, 1.82) is 0 Å². The number of amides is 2. The fourth-order valence-electron chi connectivity index (χ4n) is 6.42. The number of hydrogen-bond acceptors (Lipinski definition) is 2. The Labute approximate surface area is 182 Å². The molecule has 1 N–H and O–H groups in total. The van der Waals surface area contributed by atoms with E-state index in [2.05, 4.69) is 31.0 Å². The quantitative estimate of drug-likeness (QED) is 0.588. The summed E-state index contributed by atoms with van der Waals surface area (Å²) >= 11 is 0. The van der Waals surface area contributed by atoms with Crippen LogP contribution in [0.5, 0.6) is 0 Å². The minimum atomic E-state index is 0.0271. The second-order valence-corrected chi connectivity index (χ2v) is 10.7. The maximum Gasteiger partial charge on any atom is 0.322 e. The third kappa shape index (κ3) is 3.88. The summed E-state index contributed by atoms with van der Waals surface area (Å²) in [5.74, 6) is 0.784. The van der Waals surface area contributed by atoms with Crippen molar-refractivity contribution in [3.63, 3.8) is 0 Å². The molecule has 2 amide bonds. The predicted molar refractivity (Wildman–Crippen MR) is 123 cm³/mol. The zero-order chi connectivity index (χ0) is 21.4. The lowest BCUT2D eigenvalue weighted by Crippen LogP contribution is -2.46. The molecule has 166 valence electrons. The number of carbonyl (C=O) groups is 1. The summed E-state index contributed by atoms with van der Waals surface area (Å²) in [6.45, 7) is 10.6. The van der Waals surface area contributed by atoms with E-state index in [1.165, 1.54) is 38.5 Å². The molecule has 30 heavy (non-hydrogen) atoms. The fraction of sp³-hybridized carbons (Fsp3) is 0.731. The SMILES string of the molecule is Cc1ccccc1NC(=O)N(CCO[C@@H]1C[C@H]2CC[C@@]1(C)C2(C)C)C1CCCCC1. The molecule has 2 bridgehead atoms. The van der Waals surface area contributed by atoms with Crippen LogP contribution in [0.4, 0.5) is 10.5 Å². The zero-order valence-corrected chi connectivity index (χ0v) is 19.4. The molecule has 3 aliphatic rings. The number of anilines is 1. The number of urea groups is 1. The highest BCUT2D eigenvalue weighted by atomic mass is 16.5. The van der Waals surface area contributed by atoms with Gasteiger partial charge in [0.05, 0.1) is 12.7 Å². The molecule has 0 spiro atoms. The van der Waals surface area contributed by atoms with Crippen LogP contribution in [0.15, 0.2) is 24.3 Å². The van der Waals surface area contributed by atoms with Gasteiger partial charge in [0, 0.05) is 18.3 Å². The number of nitrogens with zero attached hydrogens (tertiary/aromatic N) is 1. The molecule has 1 aromatic rings. The lowest BCUT2D eigenvalue weighted by molar-refractivity contribution is -0.0517. The molecule has 0 aromatic heterocycles. The van der Waals surface area contributed by atoms with Crippen LogP contribution in [-0.2, 0) is 4.74 Å². The normalized spacial score (nSPS) is 30.4. The Bertz CT molecular complexity index is 755. The van der Waals surface area contributed by atoms with Gasteiger partial charge in [0.15, 0.2) is 0 Å². The van der Waals surface area contributed by atoms with Gasteiger partial charge in [-0.1, -0.05) is 58.2 Å². The van der Waals surface area contributed by atoms with Gasteiger partial charge in [-0.15, -0.1) is 0 Å². The smallest absolute Gasteiger partial charge is 0.322 e. The zero-order valence-electron chi connectivity index (χ0n) is 19.4. The van der Waals surface area contributed by atoms with Gasteiger partial charge in [-0.25, -0.2) is 4.79 Å². The number of benzene rings is 1. The highest BCUT2D eigenvalue weighted by molar-refractivity contribution is 5.90. The Hall–Kier alpha value is -1.55. The van der Waals surface area contributed by atoms with E-state index in [1.54, 1.807) is 0 Å². The van der Waals surface area contributed by atoms with Crippen LogP contribution < -0.4 is 5.32 Å². The van der Waals surface area contributed by atoms with Gasteiger partial charge in [-0.3, -0.25) is 0 Å². The average molecular weight is 413 g/mol. The summed E-state index contributed by atoms with van der Waals surface area (Å²) in [6, 6.07) is 8.38. The highest BCUT2D eigenvalue weighted by Gasteiger charge is 2.61. The minimum absolute atomic E-state index is 0.0271. The number of nitrogens with one attached hydrogen (secondary N) is 1. The van der Waals surface area contributed by atoms with E-state index in [0.717, 1.165) is 30.0 Å². The number of para-hydroxylation sites is 1. The molecule has 0 radical (unpaired) electrons. The molecule has 0 saturated heterocycles. The van der Waals surface area contributed by atoms with Crippen molar-refractivity contribution < 1.29 is 9.53 Å². The Morgan fingerprint density at radius 3 is 2.50 bits per heavy atom. The molecule has 0 unspecified atom stereocenters. The lowest BCUT2D eigenvalue weighted by Gasteiger charge is -2.39. The van der Waals surface area contributed by atoms with Crippen LogP contribution in [0, 0.1) is 23.7 Å². The molecule has 3 atom stereocenters. The van der Waals surface area contributed by atoms with Crippen LogP contribution >= 0.6 is 0 Å². The number of fused-ring (bicyclic) bond motifs is 2. The Morgan fingerprint density at radius 2 is 1.87 bits per heavy atom. The third-order valence-electron chi connectivity index (χ3n) is 9.03. The molecule has 1 aromatic carbocycles. The first kappa shape index (κ1) is 21.7. The van der Waals surface area contributed by atoms with Crippen LogP contribution in [-0.4, -0.2) is 36.2 Å². The first-order valence-corrected chi connectivity index (χ1v) is 12.1. The summed E-state index contributed by atoms with van der Waals surface area (Å²) in [6.07, 6.45) is 10.1. The summed E-state index contributed by atoms with van der Waals surface area (Å²) in [4.78, 5) is 15.3. The number of rotatable bonds is 6. The van der Waals surface area contributed by atoms with Crippen LogP contribution in [0.3, 0.4) is 0 Å². The first-order valence-electron chi connectivity index (χ1n) is 12.1. The van der Waals surface area contributed by atoms with E-state index in [0.29, 0.717) is 30.7 Å². The maximum absolute atomic E-state index is 13.2. The van der Waals surface area contributed by atoms with E-state index in [1.807, 2.05) is 31.2 Å². The van der Waals surface area contributed by atoms with Gasteiger partial charge >= 0.3 is 6.03 Å². The molecule has 0 aliphatic heterocycles.